The van der Waals surface area contributed by atoms with Crippen LogP contribution in [0, 0.1) is 5.82 Å². The van der Waals surface area contributed by atoms with Crippen molar-refractivity contribution in [2.24, 2.45) is 0 Å². The number of hydrogen-bond acceptors (Lipinski definition) is 2. The molecule has 0 spiro atoms. The zero-order chi connectivity index (χ0) is 16.7. The van der Waals surface area contributed by atoms with Gasteiger partial charge in [-0.3, -0.25) is 4.79 Å². The number of nitrogens with one attached hydrogen (secondary N) is 1. The average molecular weight is 332 g/mol. The second-order valence-corrected chi connectivity index (χ2v) is 5.03. The Balaban J connectivity index is 1.94. The van der Waals surface area contributed by atoms with Crippen LogP contribution >= 0.6 is 11.6 Å². The van der Waals surface area contributed by atoms with Gasteiger partial charge in [0.2, 0.25) is 5.91 Å². The molecule has 0 saturated carbocycles. The van der Waals surface area contributed by atoms with Gasteiger partial charge >= 0.3 is 0 Å². The van der Waals surface area contributed by atoms with Crippen molar-refractivity contribution >= 4 is 29.3 Å². The zero-order valence-corrected chi connectivity index (χ0v) is 13.0. The highest BCUT2D eigenvalue weighted by atomic mass is 35.5. The number of rotatable bonds is 6. The number of benzene rings is 2. The van der Waals surface area contributed by atoms with Crippen molar-refractivity contribution < 1.29 is 13.9 Å². The molecule has 0 radical (unpaired) electrons. The van der Waals surface area contributed by atoms with Gasteiger partial charge in [-0.1, -0.05) is 36.4 Å². The summed E-state index contributed by atoms with van der Waals surface area (Å²) in [5, 5.41) is 2.57. The molecule has 0 unspecified atom stereocenters. The third-order valence-electron chi connectivity index (χ3n) is 2.86. The molecule has 0 heterocycles. The predicted octanol–water partition coefficient (Wildman–Crippen LogP) is 4.70. The minimum Gasteiger partial charge on any atom is -0.490 e. The van der Waals surface area contributed by atoms with Gasteiger partial charge in [-0.15, -0.1) is 0 Å². The first kappa shape index (κ1) is 16.8. The van der Waals surface area contributed by atoms with Crippen molar-refractivity contribution in [3.63, 3.8) is 0 Å². The number of carbonyl (C=O) groups is 1. The molecule has 2 aromatic carbocycles. The summed E-state index contributed by atoms with van der Waals surface area (Å²) in [6.45, 7) is 4.02. The Bertz CT molecular complexity index is 726. The number of hydrogen-bond donors (Lipinski definition) is 1. The van der Waals surface area contributed by atoms with Crippen LogP contribution in [0.3, 0.4) is 0 Å². The Morgan fingerprint density at radius 2 is 2.00 bits per heavy atom. The van der Waals surface area contributed by atoms with Crippen LogP contribution in [0.2, 0.25) is 5.02 Å². The van der Waals surface area contributed by atoms with E-state index in [-0.39, 0.29) is 10.9 Å². The molecule has 23 heavy (non-hydrogen) atoms. The van der Waals surface area contributed by atoms with Gasteiger partial charge in [0.25, 0.3) is 0 Å². The van der Waals surface area contributed by atoms with Crippen LogP contribution in [0.1, 0.15) is 5.56 Å². The predicted molar refractivity (Wildman–Crippen MR) is 91.2 cm³/mol. The molecule has 0 aliphatic carbocycles. The molecule has 2 aromatic rings. The van der Waals surface area contributed by atoms with Crippen molar-refractivity contribution in [3.05, 3.63) is 77.6 Å². The van der Waals surface area contributed by atoms with Crippen LogP contribution < -0.4 is 10.1 Å². The third-order valence-corrected chi connectivity index (χ3v) is 3.15. The fourth-order valence-electron chi connectivity index (χ4n) is 1.76. The summed E-state index contributed by atoms with van der Waals surface area (Å²) in [7, 11) is 0. The molecule has 0 fully saturated rings. The molecule has 1 amide bonds. The van der Waals surface area contributed by atoms with Crippen molar-refractivity contribution in [3.8, 4) is 5.75 Å². The van der Waals surface area contributed by atoms with Crippen LogP contribution in [0.4, 0.5) is 10.1 Å². The molecule has 118 valence electrons. The van der Waals surface area contributed by atoms with Crippen molar-refractivity contribution in [1.82, 2.24) is 0 Å². The highest BCUT2D eigenvalue weighted by Gasteiger charge is 2.03. The first-order chi connectivity index (χ1) is 11.1. The molecular weight excluding hydrogens is 317 g/mol. The Labute approximate surface area is 139 Å². The van der Waals surface area contributed by atoms with E-state index in [9.17, 15) is 9.18 Å². The number of amides is 1. The van der Waals surface area contributed by atoms with Crippen LogP contribution in [0.5, 0.6) is 5.75 Å². The highest BCUT2D eigenvalue weighted by Crippen LogP contribution is 2.19. The lowest BCUT2D eigenvalue weighted by molar-refractivity contribution is -0.111. The molecule has 0 aliphatic rings. The van der Waals surface area contributed by atoms with E-state index in [1.54, 1.807) is 24.3 Å². The first-order valence-electron chi connectivity index (χ1n) is 6.86. The molecule has 5 heteroatoms. The van der Waals surface area contributed by atoms with E-state index in [1.165, 1.54) is 24.3 Å². The summed E-state index contributed by atoms with van der Waals surface area (Å²) in [4.78, 5) is 11.8. The van der Waals surface area contributed by atoms with E-state index in [0.29, 0.717) is 12.3 Å². The standard InChI is InChI=1S/C18H15ClFNO2/c1-2-11-23-15-7-3-13(4-8-15)5-10-18(22)21-14-6-9-17(20)16(19)12-14/h2-10,12H,1,11H2,(H,21,22)/b10-5+. The molecule has 0 atom stereocenters. The van der Waals surface area contributed by atoms with E-state index >= 15 is 0 Å². The lowest BCUT2D eigenvalue weighted by Gasteiger charge is -2.04. The third kappa shape index (κ3) is 5.27. The maximum absolute atomic E-state index is 13.0. The van der Waals surface area contributed by atoms with Gasteiger partial charge in [0.15, 0.2) is 0 Å². The van der Waals surface area contributed by atoms with Gasteiger partial charge in [-0.05, 0) is 42.0 Å². The SMILES string of the molecule is C=CCOc1ccc(/C=C/C(=O)Nc2ccc(F)c(Cl)c2)cc1. The van der Waals surface area contributed by atoms with E-state index < -0.39 is 5.82 Å². The number of ether oxygens (including phenoxy) is 1. The Hall–Kier alpha value is -2.59. The van der Waals surface area contributed by atoms with E-state index in [4.69, 9.17) is 16.3 Å². The number of carbonyl (C=O) groups excluding carboxylic acids is 1. The lowest BCUT2D eigenvalue weighted by atomic mass is 10.2. The van der Waals surface area contributed by atoms with Gasteiger partial charge in [0.05, 0.1) is 5.02 Å². The largest absolute Gasteiger partial charge is 0.490 e. The molecule has 0 aromatic heterocycles. The topological polar surface area (TPSA) is 38.3 Å². The monoisotopic (exact) mass is 331 g/mol. The normalized spacial score (nSPS) is 10.5. The van der Waals surface area contributed by atoms with Crippen LogP contribution in [-0.4, -0.2) is 12.5 Å². The van der Waals surface area contributed by atoms with Gasteiger partial charge in [-0.2, -0.15) is 0 Å². The highest BCUT2D eigenvalue weighted by molar-refractivity contribution is 6.31. The summed E-state index contributed by atoms with van der Waals surface area (Å²) in [5.74, 6) is -0.133. The molecular formula is C18H15ClFNO2. The van der Waals surface area contributed by atoms with Gasteiger partial charge < -0.3 is 10.1 Å². The summed E-state index contributed by atoms with van der Waals surface area (Å²) in [6.07, 6.45) is 4.72. The molecule has 0 bridgehead atoms. The van der Waals surface area contributed by atoms with Crippen LogP contribution in [0.15, 0.2) is 61.2 Å². The summed E-state index contributed by atoms with van der Waals surface area (Å²) in [6, 6.07) is 11.3. The number of anilines is 1. The average Bonchev–Trinajstić information content (AvgIpc) is 2.55. The minimum atomic E-state index is -0.529. The molecule has 3 nitrogen and oxygen atoms in total. The summed E-state index contributed by atoms with van der Waals surface area (Å²) in [5.41, 5.74) is 1.28. The van der Waals surface area contributed by atoms with E-state index in [0.717, 1.165) is 11.3 Å². The molecule has 2 rings (SSSR count). The Morgan fingerprint density at radius 3 is 2.65 bits per heavy atom. The smallest absolute Gasteiger partial charge is 0.248 e. The molecule has 0 aliphatic heterocycles. The van der Waals surface area contributed by atoms with Crippen molar-refractivity contribution in [2.45, 2.75) is 0 Å². The van der Waals surface area contributed by atoms with Gasteiger partial charge in [0, 0.05) is 11.8 Å². The Morgan fingerprint density at radius 1 is 1.26 bits per heavy atom. The second kappa shape index (κ2) is 8.15. The lowest BCUT2D eigenvalue weighted by Crippen LogP contribution is -2.07. The second-order valence-electron chi connectivity index (χ2n) is 4.62. The van der Waals surface area contributed by atoms with Crippen molar-refractivity contribution in [1.29, 1.82) is 0 Å². The summed E-state index contributed by atoms with van der Waals surface area (Å²) < 4.78 is 18.4. The molecule has 1 N–H and O–H groups in total. The fraction of sp³-hybridized carbons (Fsp3) is 0.0556. The van der Waals surface area contributed by atoms with E-state index in [2.05, 4.69) is 11.9 Å². The van der Waals surface area contributed by atoms with Crippen LogP contribution in [-0.2, 0) is 4.79 Å². The van der Waals surface area contributed by atoms with E-state index in [1.807, 2.05) is 12.1 Å². The maximum Gasteiger partial charge on any atom is 0.248 e. The molecule has 0 saturated heterocycles. The van der Waals surface area contributed by atoms with Gasteiger partial charge in [-0.25, -0.2) is 4.39 Å². The van der Waals surface area contributed by atoms with Gasteiger partial charge in [0.1, 0.15) is 18.2 Å². The van der Waals surface area contributed by atoms with Crippen LogP contribution in [0.25, 0.3) is 6.08 Å². The summed E-state index contributed by atoms with van der Waals surface area (Å²) >= 11 is 5.66. The minimum absolute atomic E-state index is 0.0399. The zero-order valence-electron chi connectivity index (χ0n) is 12.3. The first-order valence-corrected chi connectivity index (χ1v) is 7.24. The quantitative estimate of drug-likeness (QED) is 0.615. The fourth-order valence-corrected chi connectivity index (χ4v) is 1.94. The Kier molecular flexibility index (Phi) is 5.94. The number of halogens is 2. The maximum atomic E-state index is 13.0. The van der Waals surface area contributed by atoms with Crippen molar-refractivity contribution in [2.75, 3.05) is 11.9 Å².